The Kier molecular flexibility index (Phi) is 5.70. The largest absolute Gasteiger partial charge is 0.494 e. The van der Waals surface area contributed by atoms with E-state index in [1.54, 1.807) is 17.0 Å². The maximum Gasteiger partial charge on any atom is 0.322 e. The average Bonchev–Trinajstić information content (AvgIpc) is 3.24. The van der Waals surface area contributed by atoms with Crippen molar-refractivity contribution < 1.29 is 18.4 Å². The van der Waals surface area contributed by atoms with Crippen molar-refractivity contribution in [3.8, 4) is 17.1 Å². The summed E-state index contributed by atoms with van der Waals surface area (Å²) >= 11 is 0. The smallest absolute Gasteiger partial charge is 0.322 e. The van der Waals surface area contributed by atoms with E-state index in [-0.39, 0.29) is 17.7 Å². The number of rotatable bonds is 6. The highest BCUT2D eigenvalue weighted by Gasteiger charge is 2.35. The Balaban J connectivity index is 1.75. The van der Waals surface area contributed by atoms with Gasteiger partial charge in [-0.2, -0.15) is 4.98 Å². The van der Waals surface area contributed by atoms with Gasteiger partial charge in [-0.3, -0.25) is 4.90 Å². The van der Waals surface area contributed by atoms with Crippen molar-refractivity contribution >= 4 is 11.6 Å². The summed E-state index contributed by atoms with van der Waals surface area (Å²) in [6.07, 6.45) is 0. The van der Waals surface area contributed by atoms with Crippen molar-refractivity contribution in [3.63, 3.8) is 0 Å². The minimum Gasteiger partial charge on any atom is -0.494 e. The Morgan fingerprint density at radius 1 is 1.19 bits per heavy atom. The summed E-state index contributed by atoms with van der Waals surface area (Å²) in [5.41, 5.74) is 2.68. The molecule has 31 heavy (non-hydrogen) atoms. The first-order valence-electron chi connectivity index (χ1n) is 10.1. The van der Waals surface area contributed by atoms with Crippen LogP contribution in [0.15, 0.2) is 58.8 Å². The van der Waals surface area contributed by atoms with Crippen LogP contribution in [0.4, 0.5) is 9.18 Å². The van der Waals surface area contributed by atoms with Gasteiger partial charge in [0.25, 0.3) is 5.89 Å². The summed E-state index contributed by atoms with van der Waals surface area (Å²) in [6, 6.07) is 12.6. The van der Waals surface area contributed by atoms with Crippen LogP contribution in [-0.4, -0.2) is 34.2 Å². The van der Waals surface area contributed by atoms with Crippen molar-refractivity contribution in [2.45, 2.75) is 26.8 Å². The molecule has 1 aromatic heterocycles. The fourth-order valence-corrected chi connectivity index (χ4v) is 3.69. The summed E-state index contributed by atoms with van der Waals surface area (Å²) in [5, 5.41) is 7.05. The third-order valence-electron chi connectivity index (χ3n) is 5.17. The van der Waals surface area contributed by atoms with Crippen molar-refractivity contribution in [2.24, 2.45) is 0 Å². The molecule has 1 atom stereocenters. The van der Waals surface area contributed by atoms with Crippen LogP contribution in [0.5, 0.6) is 5.75 Å². The lowest BCUT2D eigenvalue weighted by atomic mass is 9.94. The summed E-state index contributed by atoms with van der Waals surface area (Å²) in [5.74, 6) is 1.06. The molecule has 1 aliphatic rings. The molecule has 1 unspecified atom stereocenters. The molecule has 4 rings (SSSR count). The molecule has 0 spiro atoms. The van der Waals surface area contributed by atoms with Gasteiger partial charge in [-0.1, -0.05) is 17.3 Å². The predicted molar refractivity (Wildman–Crippen MR) is 114 cm³/mol. The lowest BCUT2D eigenvalue weighted by Crippen LogP contribution is -2.45. The van der Waals surface area contributed by atoms with Crippen molar-refractivity contribution in [1.29, 1.82) is 0 Å². The van der Waals surface area contributed by atoms with Crippen LogP contribution in [0.3, 0.4) is 0 Å². The Hall–Kier alpha value is -3.68. The topological polar surface area (TPSA) is 80.5 Å². The Bertz CT molecular complexity index is 1120. The molecule has 0 fully saturated rings. The summed E-state index contributed by atoms with van der Waals surface area (Å²) < 4.78 is 25.0. The molecule has 1 aliphatic heterocycles. The quantitative estimate of drug-likeness (QED) is 0.618. The number of allylic oxidation sites excluding steroid dienone is 1. The molecular weight excluding hydrogens is 399 g/mol. The molecule has 8 heteroatoms. The maximum absolute atomic E-state index is 13.9. The number of nitrogens with one attached hydrogen (secondary N) is 1. The number of urea groups is 1. The van der Waals surface area contributed by atoms with E-state index >= 15 is 0 Å². The highest BCUT2D eigenvalue weighted by Crippen LogP contribution is 2.37. The molecule has 0 saturated carbocycles. The van der Waals surface area contributed by atoms with Gasteiger partial charge in [0.05, 0.1) is 18.2 Å². The number of halogens is 1. The number of hydrogen-bond donors (Lipinski definition) is 1. The van der Waals surface area contributed by atoms with Gasteiger partial charge in [0, 0.05) is 17.8 Å². The summed E-state index contributed by atoms with van der Waals surface area (Å²) in [6.45, 7) is 6.68. The van der Waals surface area contributed by atoms with E-state index in [1.807, 2.05) is 45.0 Å². The number of amides is 2. The highest BCUT2D eigenvalue weighted by atomic mass is 19.1. The van der Waals surface area contributed by atoms with E-state index in [0.717, 1.165) is 11.3 Å². The van der Waals surface area contributed by atoms with E-state index in [4.69, 9.17) is 9.26 Å². The molecule has 0 bridgehead atoms. The van der Waals surface area contributed by atoms with Gasteiger partial charge in [0.2, 0.25) is 5.82 Å². The number of carbonyl (C=O) groups is 1. The monoisotopic (exact) mass is 422 g/mol. The van der Waals surface area contributed by atoms with Crippen LogP contribution in [-0.2, 0) is 0 Å². The average molecular weight is 422 g/mol. The van der Waals surface area contributed by atoms with Gasteiger partial charge in [0.15, 0.2) is 0 Å². The zero-order valence-electron chi connectivity index (χ0n) is 17.6. The first-order chi connectivity index (χ1) is 15.0. The second kappa shape index (κ2) is 8.59. The molecule has 0 radical (unpaired) electrons. The van der Waals surface area contributed by atoms with Gasteiger partial charge < -0.3 is 14.6 Å². The number of benzene rings is 2. The van der Waals surface area contributed by atoms with Crippen LogP contribution in [0.2, 0.25) is 0 Å². The minimum atomic E-state index is -0.611. The van der Waals surface area contributed by atoms with Crippen molar-refractivity contribution in [2.75, 3.05) is 13.2 Å². The third kappa shape index (κ3) is 4.01. The minimum absolute atomic E-state index is 0.260. The zero-order chi connectivity index (χ0) is 22.0. The Morgan fingerprint density at radius 3 is 2.65 bits per heavy atom. The number of ether oxygens (including phenoxy) is 1. The second-order valence-corrected chi connectivity index (χ2v) is 7.06. The predicted octanol–water partition coefficient (Wildman–Crippen LogP) is 4.79. The molecule has 2 heterocycles. The summed E-state index contributed by atoms with van der Waals surface area (Å²) in [7, 11) is 0. The number of hydrogen-bond acceptors (Lipinski definition) is 5. The van der Waals surface area contributed by atoms with Crippen LogP contribution in [0, 0.1) is 5.82 Å². The highest BCUT2D eigenvalue weighted by molar-refractivity contribution is 5.86. The van der Waals surface area contributed by atoms with E-state index in [2.05, 4.69) is 15.5 Å². The molecule has 0 saturated heterocycles. The molecule has 3 aromatic rings. The van der Waals surface area contributed by atoms with Crippen LogP contribution < -0.4 is 10.1 Å². The molecular formula is C23H23FN4O3. The number of aromatic nitrogens is 2. The van der Waals surface area contributed by atoms with Gasteiger partial charge in [-0.15, -0.1) is 0 Å². The first-order valence-corrected chi connectivity index (χ1v) is 10.1. The molecule has 1 N–H and O–H groups in total. The Labute approximate surface area is 179 Å². The summed E-state index contributed by atoms with van der Waals surface area (Å²) in [4.78, 5) is 18.8. The van der Waals surface area contributed by atoms with Crippen LogP contribution in [0.1, 0.15) is 38.3 Å². The first kappa shape index (κ1) is 20.6. The number of nitrogens with zero attached hydrogens (tertiary/aromatic N) is 3. The fraction of sp³-hybridized carbons (Fsp3) is 0.261. The standard InChI is InChI=1S/C23H23FN4O3/c1-4-28-14(3)19(20(25-23(28)29)16-7-6-8-17(24)13-16)22-26-21(27-31-22)15-9-11-18(12-10-15)30-5-2/h6-13,20H,4-5H2,1-3H3,(H,25,29). The van der Waals surface area contributed by atoms with Gasteiger partial charge in [-0.05, 0) is 62.7 Å². The van der Waals surface area contributed by atoms with Gasteiger partial charge >= 0.3 is 6.03 Å². The Morgan fingerprint density at radius 2 is 1.97 bits per heavy atom. The lowest BCUT2D eigenvalue weighted by molar-refractivity contribution is 0.207. The van der Waals surface area contributed by atoms with Crippen molar-refractivity contribution in [3.05, 3.63) is 71.5 Å². The van der Waals surface area contributed by atoms with Crippen LogP contribution in [0.25, 0.3) is 17.0 Å². The third-order valence-corrected chi connectivity index (χ3v) is 5.17. The van der Waals surface area contributed by atoms with Crippen LogP contribution >= 0.6 is 0 Å². The fourth-order valence-electron chi connectivity index (χ4n) is 3.69. The molecule has 0 aliphatic carbocycles. The van der Waals surface area contributed by atoms with E-state index in [9.17, 15) is 9.18 Å². The zero-order valence-corrected chi connectivity index (χ0v) is 17.6. The number of carbonyl (C=O) groups excluding carboxylic acids is 1. The van der Waals surface area contributed by atoms with E-state index in [1.165, 1.54) is 12.1 Å². The normalized spacial score (nSPS) is 16.5. The van der Waals surface area contributed by atoms with Gasteiger partial charge in [-0.25, -0.2) is 9.18 Å². The SMILES string of the molecule is CCOc1ccc(-c2noc(C3=C(C)N(CC)C(=O)NC3c3cccc(F)c3)n2)cc1. The van der Waals surface area contributed by atoms with E-state index in [0.29, 0.717) is 35.8 Å². The lowest BCUT2D eigenvalue weighted by Gasteiger charge is -2.34. The molecule has 2 aromatic carbocycles. The maximum atomic E-state index is 13.9. The molecule has 7 nitrogen and oxygen atoms in total. The molecule has 2 amide bonds. The van der Waals surface area contributed by atoms with Gasteiger partial charge in [0.1, 0.15) is 11.6 Å². The molecule has 160 valence electrons. The van der Waals surface area contributed by atoms with E-state index < -0.39 is 6.04 Å². The second-order valence-electron chi connectivity index (χ2n) is 7.06. The van der Waals surface area contributed by atoms with Crippen molar-refractivity contribution in [1.82, 2.24) is 20.4 Å².